The molecule has 23 heavy (non-hydrogen) atoms. The van der Waals surface area contributed by atoms with Crippen molar-refractivity contribution in [3.8, 4) is 11.5 Å². The third-order valence-corrected chi connectivity index (χ3v) is 3.62. The minimum Gasteiger partial charge on any atom is -0.496 e. The fraction of sp³-hybridized carbons (Fsp3) is 0.125. The van der Waals surface area contributed by atoms with E-state index in [1.807, 2.05) is 0 Å². The second kappa shape index (κ2) is 7.85. The van der Waals surface area contributed by atoms with Gasteiger partial charge in [-0.1, -0.05) is 35.3 Å². The molecule has 1 amide bonds. The Hall–Kier alpha value is -2.24. The lowest BCUT2D eigenvalue weighted by atomic mass is 10.2. The molecule has 2 aromatic rings. The maximum absolute atomic E-state index is 12.0. The summed E-state index contributed by atoms with van der Waals surface area (Å²) in [5, 5.41) is 4.66. The molecule has 0 atom stereocenters. The van der Waals surface area contributed by atoms with E-state index in [-0.39, 0.29) is 0 Å². The van der Waals surface area contributed by atoms with Crippen LogP contribution < -0.4 is 14.9 Å². The van der Waals surface area contributed by atoms with Crippen molar-refractivity contribution in [2.45, 2.75) is 0 Å². The molecule has 0 aliphatic rings. The average molecular weight is 353 g/mol. The fourth-order valence-electron chi connectivity index (χ4n) is 1.85. The summed E-state index contributed by atoms with van der Waals surface area (Å²) in [5.74, 6) is 0.591. The lowest BCUT2D eigenvalue weighted by molar-refractivity contribution is 0.0955. The van der Waals surface area contributed by atoms with Gasteiger partial charge in [0.05, 0.1) is 36.0 Å². The summed E-state index contributed by atoms with van der Waals surface area (Å²) in [6.45, 7) is 0. The highest BCUT2D eigenvalue weighted by molar-refractivity contribution is 6.33. The molecule has 0 saturated heterocycles. The highest BCUT2D eigenvalue weighted by Gasteiger charge is 2.10. The van der Waals surface area contributed by atoms with Gasteiger partial charge in [0.2, 0.25) is 0 Å². The molecule has 120 valence electrons. The molecule has 0 heterocycles. The highest BCUT2D eigenvalue weighted by Crippen LogP contribution is 2.31. The van der Waals surface area contributed by atoms with Crippen molar-refractivity contribution >= 4 is 35.3 Å². The molecule has 5 nitrogen and oxygen atoms in total. The van der Waals surface area contributed by atoms with Crippen LogP contribution in [-0.2, 0) is 0 Å². The minimum atomic E-state index is -0.412. The van der Waals surface area contributed by atoms with Gasteiger partial charge in [-0.3, -0.25) is 4.79 Å². The van der Waals surface area contributed by atoms with Crippen LogP contribution in [0.4, 0.5) is 0 Å². The van der Waals surface area contributed by atoms with Crippen molar-refractivity contribution in [1.29, 1.82) is 0 Å². The maximum Gasteiger partial charge on any atom is 0.272 e. The Morgan fingerprint density at radius 1 is 1.09 bits per heavy atom. The third-order valence-electron chi connectivity index (χ3n) is 2.99. The molecule has 7 heteroatoms. The Bertz CT molecular complexity index is 748. The van der Waals surface area contributed by atoms with E-state index in [0.29, 0.717) is 32.7 Å². The molecule has 2 aromatic carbocycles. The first-order chi connectivity index (χ1) is 11.1. The molecule has 0 aliphatic carbocycles. The van der Waals surface area contributed by atoms with Crippen LogP contribution in [0.2, 0.25) is 10.0 Å². The number of benzene rings is 2. The van der Waals surface area contributed by atoms with Crippen molar-refractivity contribution in [3.63, 3.8) is 0 Å². The number of hydrogen-bond donors (Lipinski definition) is 1. The second-order valence-electron chi connectivity index (χ2n) is 4.41. The van der Waals surface area contributed by atoms with Gasteiger partial charge in [-0.05, 0) is 18.2 Å². The Kier molecular flexibility index (Phi) is 5.84. The molecule has 0 unspecified atom stereocenters. The van der Waals surface area contributed by atoms with Gasteiger partial charge in [0.1, 0.15) is 11.5 Å². The predicted molar refractivity (Wildman–Crippen MR) is 91.1 cm³/mol. The first kappa shape index (κ1) is 17.1. The molecule has 0 radical (unpaired) electrons. The number of nitrogens with zero attached hydrogens (tertiary/aromatic N) is 1. The minimum absolute atomic E-state index is 0.339. The number of rotatable bonds is 5. The predicted octanol–water partition coefficient (Wildman–Crippen LogP) is 3.77. The smallest absolute Gasteiger partial charge is 0.272 e. The molecular formula is C16H14Cl2N2O3. The monoisotopic (exact) mass is 352 g/mol. The SMILES string of the molecule is COc1cc(OC)c(/C=N\NC(=O)c2ccccc2Cl)cc1Cl. The molecule has 0 aliphatic heterocycles. The van der Waals surface area contributed by atoms with Gasteiger partial charge in [0, 0.05) is 11.6 Å². The van der Waals surface area contributed by atoms with Crippen LogP contribution >= 0.6 is 23.2 Å². The number of hydrazone groups is 1. The highest BCUT2D eigenvalue weighted by atomic mass is 35.5. The summed E-state index contributed by atoms with van der Waals surface area (Å²) < 4.78 is 10.4. The molecule has 0 saturated carbocycles. The van der Waals surface area contributed by atoms with Crippen LogP contribution in [0, 0.1) is 0 Å². The van der Waals surface area contributed by atoms with E-state index in [0.717, 1.165) is 0 Å². The summed E-state index contributed by atoms with van der Waals surface area (Å²) in [6.07, 6.45) is 1.43. The largest absolute Gasteiger partial charge is 0.496 e. The van der Waals surface area contributed by atoms with Crippen LogP contribution in [0.5, 0.6) is 11.5 Å². The first-order valence-electron chi connectivity index (χ1n) is 6.56. The van der Waals surface area contributed by atoms with Crippen LogP contribution in [-0.4, -0.2) is 26.3 Å². The first-order valence-corrected chi connectivity index (χ1v) is 7.32. The Labute approximate surface area is 143 Å². The number of carbonyl (C=O) groups excluding carboxylic acids is 1. The standard InChI is InChI=1S/C16H14Cl2N2O3/c1-22-14-8-15(23-2)13(18)7-10(14)9-19-20-16(21)11-5-3-4-6-12(11)17/h3-9H,1-2H3,(H,20,21)/b19-9-. The van der Waals surface area contributed by atoms with Crippen LogP contribution in [0.1, 0.15) is 15.9 Å². The number of nitrogens with one attached hydrogen (secondary N) is 1. The number of hydrogen-bond acceptors (Lipinski definition) is 4. The topological polar surface area (TPSA) is 59.9 Å². The van der Waals surface area contributed by atoms with Crippen LogP contribution in [0.3, 0.4) is 0 Å². The Morgan fingerprint density at radius 2 is 1.78 bits per heavy atom. The lowest BCUT2D eigenvalue weighted by Crippen LogP contribution is -2.18. The number of amides is 1. The van der Waals surface area contributed by atoms with Gasteiger partial charge < -0.3 is 9.47 Å². The summed E-state index contributed by atoms with van der Waals surface area (Å²) in [4.78, 5) is 12.0. The van der Waals surface area contributed by atoms with Gasteiger partial charge in [-0.2, -0.15) is 5.10 Å². The molecule has 0 aromatic heterocycles. The Balaban J connectivity index is 2.16. The zero-order valence-electron chi connectivity index (χ0n) is 12.5. The number of ether oxygens (including phenoxy) is 2. The zero-order chi connectivity index (χ0) is 16.8. The van der Waals surface area contributed by atoms with Crippen molar-refractivity contribution < 1.29 is 14.3 Å². The summed E-state index contributed by atoms with van der Waals surface area (Å²) in [6, 6.07) is 9.97. The van der Waals surface area contributed by atoms with Crippen molar-refractivity contribution in [3.05, 3.63) is 57.6 Å². The van der Waals surface area contributed by atoms with Gasteiger partial charge in [0.15, 0.2) is 0 Å². The molecule has 0 bridgehead atoms. The fourth-order valence-corrected chi connectivity index (χ4v) is 2.32. The normalized spacial score (nSPS) is 10.6. The van der Waals surface area contributed by atoms with E-state index in [2.05, 4.69) is 10.5 Å². The van der Waals surface area contributed by atoms with Gasteiger partial charge in [0.25, 0.3) is 5.91 Å². The van der Waals surface area contributed by atoms with E-state index in [1.165, 1.54) is 20.4 Å². The summed E-state index contributed by atoms with van der Waals surface area (Å²) in [5.41, 5.74) is 3.34. The number of methoxy groups -OCH3 is 2. The molecule has 0 fully saturated rings. The Morgan fingerprint density at radius 3 is 2.43 bits per heavy atom. The van der Waals surface area contributed by atoms with E-state index in [1.54, 1.807) is 36.4 Å². The molecule has 2 rings (SSSR count). The number of halogens is 2. The van der Waals surface area contributed by atoms with Crippen molar-refractivity contribution in [1.82, 2.24) is 5.43 Å². The molecular weight excluding hydrogens is 339 g/mol. The van der Waals surface area contributed by atoms with Crippen LogP contribution in [0.25, 0.3) is 0 Å². The van der Waals surface area contributed by atoms with E-state index in [4.69, 9.17) is 32.7 Å². The van der Waals surface area contributed by atoms with E-state index in [9.17, 15) is 4.79 Å². The molecule has 0 spiro atoms. The quantitative estimate of drug-likeness (QED) is 0.658. The van der Waals surface area contributed by atoms with E-state index >= 15 is 0 Å². The van der Waals surface area contributed by atoms with Gasteiger partial charge in [-0.15, -0.1) is 0 Å². The number of carbonyl (C=O) groups is 1. The lowest BCUT2D eigenvalue weighted by Gasteiger charge is -2.09. The van der Waals surface area contributed by atoms with Gasteiger partial charge >= 0.3 is 0 Å². The van der Waals surface area contributed by atoms with Crippen LogP contribution in [0.15, 0.2) is 41.5 Å². The van der Waals surface area contributed by atoms with Gasteiger partial charge in [-0.25, -0.2) is 5.43 Å². The van der Waals surface area contributed by atoms with E-state index < -0.39 is 5.91 Å². The molecule has 1 N–H and O–H groups in total. The zero-order valence-corrected chi connectivity index (χ0v) is 14.0. The summed E-state index contributed by atoms with van der Waals surface area (Å²) >= 11 is 12.0. The maximum atomic E-state index is 12.0. The summed E-state index contributed by atoms with van der Waals surface area (Å²) in [7, 11) is 3.03. The average Bonchev–Trinajstić information content (AvgIpc) is 2.55. The third kappa shape index (κ3) is 4.15. The van der Waals surface area contributed by atoms with Crippen molar-refractivity contribution in [2.24, 2.45) is 5.10 Å². The second-order valence-corrected chi connectivity index (χ2v) is 5.22. The van der Waals surface area contributed by atoms with Crippen molar-refractivity contribution in [2.75, 3.05) is 14.2 Å².